The van der Waals surface area contributed by atoms with E-state index in [0.717, 1.165) is 0 Å². The highest BCUT2D eigenvalue weighted by Gasteiger charge is 2.21. The molecule has 0 atom stereocenters. The van der Waals surface area contributed by atoms with Gasteiger partial charge in [0.05, 0.1) is 16.9 Å². The average molecular weight is 216 g/mol. The van der Waals surface area contributed by atoms with Gasteiger partial charge in [-0.3, -0.25) is 9.78 Å². The van der Waals surface area contributed by atoms with Crippen molar-refractivity contribution in [2.75, 3.05) is 0 Å². The molecule has 5 nitrogen and oxygen atoms in total. The van der Waals surface area contributed by atoms with Gasteiger partial charge < -0.3 is 15.0 Å². The maximum atomic E-state index is 11.5. The van der Waals surface area contributed by atoms with Gasteiger partial charge in [-0.25, -0.2) is 0 Å². The van der Waals surface area contributed by atoms with E-state index >= 15 is 0 Å². The molecule has 0 aliphatic rings. The Morgan fingerprint density at radius 1 is 1.25 bits per heavy atom. The van der Waals surface area contributed by atoms with Crippen LogP contribution >= 0.6 is 0 Å². The molecule has 0 bridgehead atoms. The van der Waals surface area contributed by atoms with Crippen molar-refractivity contribution in [3.63, 3.8) is 0 Å². The van der Waals surface area contributed by atoms with Gasteiger partial charge in [-0.2, -0.15) is 0 Å². The summed E-state index contributed by atoms with van der Waals surface area (Å²) >= 11 is 0. The maximum absolute atomic E-state index is 11.5. The molecule has 2 aromatic rings. The molecule has 80 valence electrons. The van der Waals surface area contributed by atoms with E-state index in [-0.39, 0.29) is 5.46 Å². The number of aromatic amines is 1. The molecule has 0 radical (unpaired) electrons. The van der Waals surface area contributed by atoms with Crippen molar-refractivity contribution in [2.45, 2.75) is 0 Å². The van der Waals surface area contributed by atoms with Gasteiger partial charge in [0.2, 0.25) is 0 Å². The molecule has 0 aliphatic heterocycles. The van der Waals surface area contributed by atoms with Crippen LogP contribution in [0.3, 0.4) is 0 Å². The fraction of sp³-hybridized carbons (Fsp3) is 0. The Hall–Kier alpha value is -1.92. The second kappa shape index (κ2) is 4.30. The summed E-state index contributed by atoms with van der Waals surface area (Å²) in [6.07, 6.45) is 3.01. The largest absolute Gasteiger partial charge is 0.494 e. The number of hydrogen-bond donors (Lipinski definition) is 3. The van der Waals surface area contributed by atoms with Crippen LogP contribution in [0.15, 0.2) is 41.5 Å². The van der Waals surface area contributed by atoms with Gasteiger partial charge >= 0.3 is 7.12 Å². The molecule has 3 N–H and O–H groups in total. The van der Waals surface area contributed by atoms with E-state index in [1.165, 1.54) is 12.3 Å². The standard InChI is InChI=1S/C10H9BN2O3/c14-8-4-6-13-10(9(8)11(15)16)7-3-1-2-5-12-7/h1-6,15-16H,(H,13,14). The van der Waals surface area contributed by atoms with Gasteiger partial charge in [-0.15, -0.1) is 0 Å². The molecular formula is C10H9BN2O3. The molecule has 0 aliphatic carbocycles. The number of nitrogens with zero attached hydrogens (tertiary/aromatic N) is 1. The van der Waals surface area contributed by atoms with E-state index in [1.54, 1.807) is 24.4 Å². The van der Waals surface area contributed by atoms with Crippen molar-refractivity contribution < 1.29 is 10.0 Å². The molecule has 2 rings (SSSR count). The molecule has 0 spiro atoms. The summed E-state index contributed by atoms with van der Waals surface area (Å²) in [5.74, 6) is 0. The molecule has 0 fully saturated rings. The summed E-state index contributed by atoms with van der Waals surface area (Å²) in [5.41, 5.74) is 0.280. The lowest BCUT2D eigenvalue weighted by Gasteiger charge is -2.06. The van der Waals surface area contributed by atoms with Gasteiger partial charge in [0.25, 0.3) is 0 Å². The molecule has 0 amide bonds. The van der Waals surface area contributed by atoms with Gasteiger partial charge in [0, 0.05) is 18.5 Å². The third-order valence-corrected chi connectivity index (χ3v) is 2.18. The molecular weight excluding hydrogens is 207 g/mol. The smallest absolute Gasteiger partial charge is 0.423 e. The first kappa shape index (κ1) is 10.6. The molecule has 0 saturated carbocycles. The number of hydrogen-bond acceptors (Lipinski definition) is 4. The third-order valence-electron chi connectivity index (χ3n) is 2.18. The second-order valence-corrected chi connectivity index (χ2v) is 3.22. The molecule has 0 unspecified atom stereocenters. The van der Waals surface area contributed by atoms with Crippen LogP contribution in [0.2, 0.25) is 0 Å². The summed E-state index contributed by atoms with van der Waals surface area (Å²) in [4.78, 5) is 18.3. The number of nitrogens with one attached hydrogen (secondary N) is 1. The molecule has 6 heteroatoms. The quantitative estimate of drug-likeness (QED) is 0.568. The summed E-state index contributed by atoms with van der Waals surface area (Å²) in [6, 6.07) is 6.40. The van der Waals surface area contributed by atoms with E-state index in [0.29, 0.717) is 11.4 Å². The predicted molar refractivity (Wildman–Crippen MR) is 60.1 cm³/mol. The lowest BCUT2D eigenvalue weighted by molar-refractivity contribution is 0.425. The highest BCUT2D eigenvalue weighted by molar-refractivity contribution is 6.60. The Balaban J connectivity index is 2.66. The van der Waals surface area contributed by atoms with E-state index in [2.05, 4.69) is 9.97 Å². The number of H-pyrrole nitrogens is 1. The highest BCUT2D eigenvalue weighted by Crippen LogP contribution is 2.08. The van der Waals surface area contributed by atoms with Crippen molar-refractivity contribution in [3.8, 4) is 11.4 Å². The van der Waals surface area contributed by atoms with Crippen molar-refractivity contribution in [1.29, 1.82) is 0 Å². The number of aromatic nitrogens is 2. The van der Waals surface area contributed by atoms with Crippen LogP contribution in [0.1, 0.15) is 0 Å². The van der Waals surface area contributed by atoms with Crippen molar-refractivity contribution in [1.82, 2.24) is 9.97 Å². The van der Waals surface area contributed by atoms with Crippen LogP contribution in [0.25, 0.3) is 11.4 Å². The zero-order valence-electron chi connectivity index (χ0n) is 8.29. The lowest BCUT2D eigenvalue weighted by atomic mass is 9.78. The van der Waals surface area contributed by atoms with Crippen molar-refractivity contribution in [3.05, 3.63) is 46.9 Å². The van der Waals surface area contributed by atoms with E-state index in [4.69, 9.17) is 10.0 Å². The summed E-state index contributed by atoms with van der Waals surface area (Å²) in [6.45, 7) is 0. The fourth-order valence-corrected chi connectivity index (χ4v) is 1.47. The van der Waals surface area contributed by atoms with Crippen LogP contribution in [-0.2, 0) is 0 Å². The van der Waals surface area contributed by atoms with Gasteiger partial charge in [-0.05, 0) is 12.1 Å². The van der Waals surface area contributed by atoms with E-state index < -0.39 is 12.5 Å². The van der Waals surface area contributed by atoms with Crippen molar-refractivity contribution >= 4 is 12.6 Å². The van der Waals surface area contributed by atoms with Crippen LogP contribution in [-0.4, -0.2) is 27.1 Å². The Morgan fingerprint density at radius 3 is 2.69 bits per heavy atom. The van der Waals surface area contributed by atoms with Gasteiger partial charge in [0.15, 0.2) is 5.43 Å². The predicted octanol–water partition coefficient (Wildman–Crippen LogP) is -0.883. The van der Waals surface area contributed by atoms with E-state index in [9.17, 15) is 4.79 Å². The summed E-state index contributed by atoms with van der Waals surface area (Å²) in [7, 11) is -1.82. The SMILES string of the molecule is O=c1cc[nH]c(-c2ccccn2)c1B(O)O. The zero-order chi connectivity index (χ0) is 11.5. The Kier molecular flexibility index (Phi) is 2.85. The monoisotopic (exact) mass is 216 g/mol. The van der Waals surface area contributed by atoms with Crippen LogP contribution in [0.5, 0.6) is 0 Å². The summed E-state index contributed by atoms with van der Waals surface area (Å²) < 4.78 is 0. The maximum Gasteiger partial charge on any atom is 0.494 e. The minimum atomic E-state index is -1.82. The molecule has 2 heterocycles. The highest BCUT2D eigenvalue weighted by atomic mass is 16.4. The summed E-state index contributed by atoms with van der Waals surface area (Å²) in [5, 5.41) is 18.3. The molecule has 16 heavy (non-hydrogen) atoms. The minimum Gasteiger partial charge on any atom is -0.423 e. The normalized spacial score (nSPS) is 10.1. The second-order valence-electron chi connectivity index (χ2n) is 3.22. The Bertz CT molecular complexity index is 539. The van der Waals surface area contributed by atoms with Crippen LogP contribution in [0.4, 0.5) is 0 Å². The zero-order valence-corrected chi connectivity index (χ0v) is 8.29. The van der Waals surface area contributed by atoms with Crippen LogP contribution in [0, 0.1) is 0 Å². The number of pyridine rings is 2. The first-order chi connectivity index (χ1) is 7.70. The first-order valence-corrected chi connectivity index (χ1v) is 4.69. The molecule has 2 aromatic heterocycles. The van der Waals surface area contributed by atoms with Gasteiger partial charge in [0.1, 0.15) is 0 Å². The van der Waals surface area contributed by atoms with Gasteiger partial charge in [-0.1, -0.05) is 6.07 Å². The lowest BCUT2D eigenvalue weighted by Crippen LogP contribution is -2.43. The number of rotatable bonds is 2. The van der Waals surface area contributed by atoms with Crippen molar-refractivity contribution in [2.24, 2.45) is 0 Å². The van der Waals surface area contributed by atoms with E-state index in [1.807, 2.05) is 0 Å². The first-order valence-electron chi connectivity index (χ1n) is 4.69. The topological polar surface area (TPSA) is 86.2 Å². The average Bonchev–Trinajstić information content (AvgIpc) is 2.29. The Labute approximate surface area is 91.6 Å². The molecule has 0 aromatic carbocycles. The Morgan fingerprint density at radius 2 is 2.06 bits per heavy atom. The minimum absolute atomic E-state index is 0.0961. The molecule has 0 saturated heterocycles. The van der Waals surface area contributed by atoms with Crippen LogP contribution < -0.4 is 10.9 Å². The fourth-order valence-electron chi connectivity index (χ4n) is 1.47. The third kappa shape index (κ3) is 1.88.